The molecule has 6 heteroatoms. The van der Waals surface area contributed by atoms with Crippen molar-refractivity contribution in [2.45, 2.75) is 26.8 Å². The zero-order valence-corrected chi connectivity index (χ0v) is 12.8. The Labute approximate surface area is 125 Å². The van der Waals surface area contributed by atoms with Crippen LogP contribution < -0.4 is 0 Å². The summed E-state index contributed by atoms with van der Waals surface area (Å²) in [6, 6.07) is 4.46. The van der Waals surface area contributed by atoms with Crippen LogP contribution in [0.2, 0.25) is 0 Å². The van der Waals surface area contributed by atoms with E-state index in [4.69, 9.17) is 5.11 Å². The van der Waals surface area contributed by atoms with Gasteiger partial charge in [0.15, 0.2) is 0 Å². The zero-order chi connectivity index (χ0) is 15.7. The van der Waals surface area contributed by atoms with Crippen LogP contribution in [0.3, 0.4) is 0 Å². The first-order chi connectivity index (χ1) is 9.82. The van der Waals surface area contributed by atoms with Crippen LogP contribution in [0.4, 0.5) is 4.39 Å². The molecule has 112 valence electrons. The first-order valence-corrected chi connectivity index (χ1v) is 7.35. The van der Waals surface area contributed by atoms with Gasteiger partial charge in [0.1, 0.15) is 12.4 Å². The number of hydrogen-bond acceptors (Lipinski definition) is 3. The number of hydrogen-bond donors (Lipinski definition) is 1. The molecule has 2 aromatic rings. The maximum absolute atomic E-state index is 13.9. The predicted octanol–water partition coefficient (Wildman–Crippen LogP) is 3.28. The predicted molar refractivity (Wildman–Crippen MR) is 80.3 cm³/mol. The number of carboxylic acids is 1. The highest BCUT2D eigenvalue weighted by Crippen LogP contribution is 2.33. The molecule has 4 nitrogen and oxygen atoms in total. The molecule has 0 saturated carbocycles. The standard InChI is InChI=1S/C15H16FNO3S/c1-8(2)17(7-12(18)19)15(20)14-9(3)13-10(16)5-4-6-11(13)21-14/h4-6,8H,7H2,1-3H3,(H,18,19). The smallest absolute Gasteiger partial charge is 0.323 e. The number of aryl methyl sites for hydroxylation is 1. The molecule has 0 unspecified atom stereocenters. The first-order valence-electron chi connectivity index (χ1n) is 6.53. The Morgan fingerprint density at radius 3 is 2.57 bits per heavy atom. The van der Waals surface area contributed by atoms with Gasteiger partial charge in [-0.2, -0.15) is 0 Å². The number of nitrogens with zero attached hydrogens (tertiary/aromatic N) is 1. The van der Waals surface area contributed by atoms with E-state index in [1.807, 2.05) is 0 Å². The molecule has 2 rings (SSSR count). The van der Waals surface area contributed by atoms with Gasteiger partial charge in [-0.3, -0.25) is 9.59 Å². The molecule has 0 aliphatic heterocycles. The van der Waals surface area contributed by atoms with E-state index in [9.17, 15) is 14.0 Å². The topological polar surface area (TPSA) is 57.6 Å². The van der Waals surface area contributed by atoms with Gasteiger partial charge in [-0.25, -0.2) is 4.39 Å². The fourth-order valence-electron chi connectivity index (χ4n) is 2.22. The molecule has 0 fully saturated rings. The van der Waals surface area contributed by atoms with E-state index in [0.717, 1.165) is 0 Å². The third-order valence-electron chi connectivity index (χ3n) is 3.29. The number of rotatable bonds is 4. The van der Waals surface area contributed by atoms with E-state index in [1.165, 1.54) is 22.3 Å². The van der Waals surface area contributed by atoms with Gasteiger partial charge in [0.05, 0.1) is 4.88 Å². The molecule has 0 saturated heterocycles. The molecule has 1 heterocycles. The first kappa shape index (κ1) is 15.4. The number of halogens is 1. The van der Waals surface area contributed by atoms with Crippen molar-refractivity contribution < 1.29 is 19.1 Å². The molecule has 0 bridgehead atoms. The Bertz CT molecular complexity index is 708. The van der Waals surface area contributed by atoms with E-state index < -0.39 is 5.97 Å². The summed E-state index contributed by atoms with van der Waals surface area (Å²) in [7, 11) is 0. The molecule has 0 spiro atoms. The lowest BCUT2D eigenvalue weighted by Gasteiger charge is -2.24. The summed E-state index contributed by atoms with van der Waals surface area (Å²) < 4.78 is 14.6. The van der Waals surface area contributed by atoms with Gasteiger partial charge in [0.2, 0.25) is 0 Å². The summed E-state index contributed by atoms with van der Waals surface area (Å²) in [6.45, 7) is 4.83. The van der Waals surface area contributed by atoms with Gasteiger partial charge in [0.25, 0.3) is 5.91 Å². The number of benzene rings is 1. The Morgan fingerprint density at radius 1 is 1.38 bits per heavy atom. The van der Waals surface area contributed by atoms with Crippen molar-refractivity contribution in [3.05, 3.63) is 34.5 Å². The van der Waals surface area contributed by atoms with Crippen LogP contribution in [0, 0.1) is 12.7 Å². The van der Waals surface area contributed by atoms with Gasteiger partial charge < -0.3 is 10.0 Å². The minimum atomic E-state index is -1.07. The molecular weight excluding hydrogens is 293 g/mol. The van der Waals surface area contributed by atoms with E-state index in [1.54, 1.807) is 32.9 Å². The Kier molecular flexibility index (Phi) is 4.27. The summed E-state index contributed by atoms with van der Waals surface area (Å²) in [4.78, 5) is 25.2. The van der Waals surface area contributed by atoms with Crippen LogP contribution in [-0.2, 0) is 4.79 Å². The fourth-order valence-corrected chi connectivity index (χ4v) is 3.40. The third kappa shape index (κ3) is 2.90. The van der Waals surface area contributed by atoms with Crippen LogP contribution >= 0.6 is 11.3 Å². The number of aliphatic carboxylic acids is 1. The van der Waals surface area contributed by atoms with E-state index in [0.29, 0.717) is 20.5 Å². The fraction of sp³-hybridized carbons (Fsp3) is 0.333. The average Bonchev–Trinajstić information content (AvgIpc) is 2.73. The average molecular weight is 309 g/mol. The second kappa shape index (κ2) is 5.81. The largest absolute Gasteiger partial charge is 0.480 e. The second-order valence-corrected chi connectivity index (χ2v) is 6.14. The summed E-state index contributed by atoms with van der Waals surface area (Å²) in [6.07, 6.45) is 0. The van der Waals surface area contributed by atoms with Crippen LogP contribution in [0.1, 0.15) is 29.1 Å². The van der Waals surface area contributed by atoms with Crippen LogP contribution in [0.15, 0.2) is 18.2 Å². The lowest BCUT2D eigenvalue weighted by Crippen LogP contribution is -2.40. The number of carbonyl (C=O) groups is 2. The number of carbonyl (C=O) groups excluding carboxylic acids is 1. The molecule has 1 N–H and O–H groups in total. The lowest BCUT2D eigenvalue weighted by molar-refractivity contribution is -0.138. The minimum Gasteiger partial charge on any atom is -0.480 e. The van der Waals surface area contributed by atoms with E-state index in [-0.39, 0.29) is 24.3 Å². The van der Waals surface area contributed by atoms with Crippen molar-refractivity contribution in [1.82, 2.24) is 4.90 Å². The molecule has 1 aromatic heterocycles. The van der Waals surface area contributed by atoms with Crippen molar-refractivity contribution in [2.75, 3.05) is 6.54 Å². The van der Waals surface area contributed by atoms with Crippen molar-refractivity contribution >= 4 is 33.3 Å². The molecule has 0 aliphatic carbocycles. The highest BCUT2D eigenvalue weighted by molar-refractivity contribution is 7.21. The summed E-state index contributed by atoms with van der Waals surface area (Å²) in [5, 5.41) is 9.37. The van der Waals surface area contributed by atoms with Gasteiger partial charge in [-0.1, -0.05) is 6.07 Å². The van der Waals surface area contributed by atoms with Crippen LogP contribution in [0.25, 0.3) is 10.1 Å². The van der Waals surface area contributed by atoms with Crippen LogP contribution in [-0.4, -0.2) is 34.5 Å². The molecule has 1 amide bonds. The SMILES string of the molecule is Cc1c(C(=O)N(CC(=O)O)C(C)C)sc2cccc(F)c12. The Hall–Kier alpha value is -1.95. The Balaban J connectivity index is 2.50. The second-order valence-electron chi connectivity index (χ2n) is 5.09. The van der Waals surface area contributed by atoms with Gasteiger partial charge >= 0.3 is 5.97 Å². The highest BCUT2D eigenvalue weighted by atomic mass is 32.1. The van der Waals surface area contributed by atoms with Crippen molar-refractivity contribution in [3.63, 3.8) is 0 Å². The summed E-state index contributed by atoms with van der Waals surface area (Å²) in [5.41, 5.74) is 0.564. The molecule has 1 aromatic carbocycles. The van der Waals surface area contributed by atoms with Crippen molar-refractivity contribution in [3.8, 4) is 0 Å². The van der Waals surface area contributed by atoms with Gasteiger partial charge in [-0.15, -0.1) is 11.3 Å². The quantitative estimate of drug-likeness (QED) is 0.943. The minimum absolute atomic E-state index is 0.247. The molecule has 0 radical (unpaired) electrons. The zero-order valence-electron chi connectivity index (χ0n) is 12.0. The Morgan fingerprint density at radius 2 is 2.05 bits per heavy atom. The number of carboxylic acid groups (broad SMARTS) is 1. The van der Waals surface area contributed by atoms with E-state index in [2.05, 4.69) is 0 Å². The molecular formula is C15H16FNO3S. The number of amides is 1. The molecule has 0 aliphatic rings. The normalized spacial score (nSPS) is 11.1. The number of thiophene rings is 1. The third-order valence-corrected chi connectivity index (χ3v) is 4.53. The summed E-state index contributed by atoms with van der Waals surface area (Å²) in [5.74, 6) is -1.80. The summed E-state index contributed by atoms with van der Waals surface area (Å²) >= 11 is 1.19. The van der Waals surface area contributed by atoms with E-state index >= 15 is 0 Å². The van der Waals surface area contributed by atoms with Gasteiger partial charge in [0, 0.05) is 16.1 Å². The van der Waals surface area contributed by atoms with Crippen LogP contribution in [0.5, 0.6) is 0 Å². The molecule has 0 atom stereocenters. The highest BCUT2D eigenvalue weighted by Gasteiger charge is 2.25. The lowest BCUT2D eigenvalue weighted by atomic mass is 10.1. The molecule has 21 heavy (non-hydrogen) atoms. The maximum atomic E-state index is 13.9. The number of fused-ring (bicyclic) bond motifs is 1. The van der Waals surface area contributed by atoms with Crippen molar-refractivity contribution in [1.29, 1.82) is 0 Å². The van der Waals surface area contributed by atoms with Crippen molar-refractivity contribution in [2.24, 2.45) is 0 Å². The monoisotopic (exact) mass is 309 g/mol. The van der Waals surface area contributed by atoms with Gasteiger partial charge in [-0.05, 0) is 38.5 Å². The maximum Gasteiger partial charge on any atom is 0.323 e.